The monoisotopic (exact) mass is 204 g/mol. The van der Waals surface area contributed by atoms with Gasteiger partial charge in [-0.15, -0.1) is 0 Å². The third-order valence-corrected chi connectivity index (χ3v) is 0. The molecule has 3 nitrogen and oxygen atoms in total. The molecular weight excluding hydrogens is 203 g/mol. The van der Waals surface area contributed by atoms with E-state index in [2.05, 4.69) is 29.2 Å². The first-order valence-corrected chi connectivity index (χ1v) is 2.67. The Bertz CT molecular complexity index is 33.8. The molecule has 42 valence electrons. The molecule has 0 atom stereocenters. The molecule has 0 aliphatic rings. The normalized spacial score (nSPS) is 5.17. The van der Waals surface area contributed by atoms with Crippen molar-refractivity contribution in [3.8, 4) is 0 Å². The Balaban J connectivity index is 0. The molecule has 0 amide bonds. The van der Waals surface area contributed by atoms with Gasteiger partial charge in [-0.05, 0) is 0 Å². The molecule has 5 heteroatoms. The maximum absolute atomic E-state index is 8.56. The third kappa shape index (κ3) is 520. The van der Waals surface area contributed by atoms with Crippen LogP contribution in [0, 0.1) is 0 Å². The second kappa shape index (κ2) is 9.00. The fourth-order valence-electron chi connectivity index (χ4n) is 0. The Morgan fingerprint density at radius 1 is 1.50 bits per heavy atom. The molecule has 2 N–H and O–H groups in total. The number of hydrogen-bond donors (Lipinski definition) is 2. The molecule has 0 radical (unpaired) electrons. The topological polar surface area (TPSA) is 57.5 Å². The van der Waals surface area contributed by atoms with Crippen LogP contribution < -0.4 is 0 Å². The summed E-state index contributed by atoms with van der Waals surface area (Å²) in [6, 6.07) is 0. The summed E-state index contributed by atoms with van der Waals surface area (Å²) in [6.45, 7) is 0. The van der Waals surface area contributed by atoms with Crippen molar-refractivity contribution in [3.05, 3.63) is 0 Å². The van der Waals surface area contributed by atoms with E-state index in [9.17, 15) is 0 Å². The van der Waals surface area contributed by atoms with Gasteiger partial charge in [0.15, 0.2) is 0 Å². The maximum atomic E-state index is 8.56. The molecule has 0 fully saturated rings. The van der Waals surface area contributed by atoms with Gasteiger partial charge in [0.05, 0.1) is 0 Å². The van der Waals surface area contributed by atoms with Crippen molar-refractivity contribution >= 4 is 15.3 Å². The minimum atomic E-state index is -1.83. The van der Waals surface area contributed by atoms with Crippen LogP contribution in [0.25, 0.3) is 0 Å². The summed E-state index contributed by atoms with van der Waals surface area (Å²) in [4.78, 5) is 8.56. The fourth-order valence-corrected chi connectivity index (χ4v) is 0. The van der Waals surface area contributed by atoms with Crippen LogP contribution in [0.2, 0.25) is 0 Å². The summed E-state index contributed by atoms with van der Waals surface area (Å²) >= 11 is 2.42. The molecule has 0 bridgehead atoms. The molecule has 0 rings (SSSR count). The zero-order valence-corrected chi connectivity index (χ0v) is 4.72. The van der Waals surface area contributed by atoms with Gasteiger partial charge >= 0.3 is 35.3 Å². The summed E-state index contributed by atoms with van der Waals surface area (Å²) in [7, 11) is 4.45. The van der Waals surface area contributed by atoms with E-state index in [4.69, 9.17) is 15.0 Å². The molecule has 0 aliphatic carbocycles. The van der Waals surface area contributed by atoms with E-state index in [-0.39, 0.29) is 0 Å². The van der Waals surface area contributed by atoms with Gasteiger partial charge in [0.1, 0.15) is 0 Å². The molecule has 0 aliphatic heterocycles. The van der Waals surface area contributed by atoms with Crippen LogP contribution in [0.5, 0.6) is 0 Å². The van der Waals surface area contributed by atoms with Crippen LogP contribution in [0.1, 0.15) is 0 Å². The van der Waals surface area contributed by atoms with Crippen molar-refractivity contribution in [2.75, 3.05) is 0 Å². The van der Waals surface area contributed by atoms with E-state index >= 15 is 0 Å². The zero-order chi connectivity index (χ0) is 5.58. The predicted molar refractivity (Wildman–Crippen MR) is 16.5 cm³/mol. The van der Waals surface area contributed by atoms with Gasteiger partial charge in [0.2, 0.25) is 0 Å². The van der Waals surface area contributed by atoms with E-state index in [0.29, 0.717) is 0 Å². The first kappa shape index (κ1) is 9.57. The Morgan fingerprint density at radius 2 is 1.50 bits per heavy atom. The summed E-state index contributed by atoms with van der Waals surface area (Å²) in [5.74, 6) is 0. The Hall–Kier alpha value is 0.300. The molecule has 0 saturated carbocycles. The Morgan fingerprint density at radius 3 is 1.50 bits per heavy atom. The molecule has 6 heavy (non-hydrogen) atoms. The van der Waals surface area contributed by atoms with E-state index in [0.717, 1.165) is 0 Å². The predicted octanol–water partition coefficient (Wildman–Crippen LogP) is 0.909. The van der Waals surface area contributed by atoms with Gasteiger partial charge in [-0.3, -0.25) is 0 Å². The van der Waals surface area contributed by atoms with Crippen molar-refractivity contribution in [1.82, 2.24) is 0 Å². The Kier molecular flexibility index (Phi) is 14.4. The van der Waals surface area contributed by atoms with Crippen LogP contribution >= 0.6 is 9.19 Å². The number of rotatable bonds is 0. The van der Waals surface area contributed by atoms with Crippen molar-refractivity contribution in [3.63, 3.8) is 0 Å². The van der Waals surface area contributed by atoms with Crippen LogP contribution in [-0.4, -0.2) is 16.4 Å². The van der Waals surface area contributed by atoms with E-state index in [1.165, 1.54) is 0 Å². The molecule has 0 saturated heterocycles. The first-order valence-electron chi connectivity index (χ1n) is 0.765. The molecule has 0 aromatic carbocycles. The summed E-state index contributed by atoms with van der Waals surface area (Å²) in [5, 5.41) is 13.9. The number of hydrogen-bond acceptors (Lipinski definition) is 1. The summed E-state index contributed by atoms with van der Waals surface area (Å²) in [5.41, 5.74) is 0. The standard InChI is InChI=1S/CH2O3.Ag.ClH/c2-1(3)4;;/h(H2,2,3,4);;1H/q;+1;/p-1. The van der Waals surface area contributed by atoms with Crippen molar-refractivity contribution in [2.24, 2.45) is 0 Å². The van der Waals surface area contributed by atoms with Gasteiger partial charge in [0, 0.05) is 0 Å². The number of halogens is 1. The fraction of sp³-hybridized carbons (Fsp3) is 0. The van der Waals surface area contributed by atoms with Crippen LogP contribution in [0.3, 0.4) is 0 Å². The molecule has 0 aromatic rings. The molecule has 0 unspecified atom stereocenters. The number of carboxylic acid groups (broad SMARTS) is 2. The summed E-state index contributed by atoms with van der Waals surface area (Å²) < 4.78 is 0. The average Bonchev–Trinajstić information content (AvgIpc) is 1.41. The number of carbonyl (C=O) groups is 1. The molecule has 0 aromatic heterocycles. The molecule has 0 spiro atoms. The summed E-state index contributed by atoms with van der Waals surface area (Å²) in [6.07, 6.45) is -1.83. The van der Waals surface area contributed by atoms with E-state index < -0.39 is 6.16 Å². The van der Waals surface area contributed by atoms with Crippen LogP contribution in [0.4, 0.5) is 4.79 Å². The quantitative estimate of drug-likeness (QED) is 0.578. The minimum absolute atomic E-state index is 1.83. The average molecular weight is 205 g/mol. The van der Waals surface area contributed by atoms with Gasteiger partial charge in [0.25, 0.3) is 0 Å². The van der Waals surface area contributed by atoms with Crippen molar-refractivity contribution in [2.45, 2.75) is 0 Å². The van der Waals surface area contributed by atoms with E-state index in [1.807, 2.05) is 0 Å². The Labute approximate surface area is 50.7 Å². The zero-order valence-electron chi connectivity index (χ0n) is 2.48. The van der Waals surface area contributed by atoms with E-state index in [1.54, 1.807) is 0 Å². The van der Waals surface area contributed by atoms with Crippen molar-refractivity contribution in [1.29, 1.82) is 0 Å². The van der Waals surface area contributed by atoms with Gasteiger partial charge in [-0.2, -0.15) is 0 Å². The van der Waals surface area contributed by atoms with Crippen molar-refractivity contribution < 1.29 is 35.0 Å². The van der Waals surface area contributed by atoms with Crippen LogP contribution in [-0.2, 0) is 20.0 Å². The second-order valence-electron chi connectivity index (χ2n) is 0.283. The van der Waals surface area contributed by atoms with Gasteiger partial charge < -0.3 is 10.2 Å². The van der Waals surface area contributed by atoms with Crippen LogP contribution in [0.15, 0.2) is 0 Å². The SMILES string of the molecule is O=C(O)O.[Cl][Ag]. The molecular formula is CH2AgClO3. The second-order valence-corrected chi connectivity index (χ2v) is 0.283. The van der Waals surface area contributed by atoms with Gasteiger partial charge in [-0.25, -0.2) is 4.79 Å². The third-order valence-electron chi connectivity index (χ3n) is 0. The van der Waals surface area contributed by atoms with Gasteiger partial charge in [-0.1, -0.05) is 0 Å². The molecule has 0 heterocycles. The first-order chi connectivity index (χ1) is 2.73.